The highest BCUT2D eigenvalue weighted by Crippen LogP contribution is 2.22. The van der Waals surface area contributed by atoms with E-state index in [-0.39, 0.29) is 24.0 Å². The molecular formula is C14H20ClN3O3. The van der Waals surface area contributed by atoms with Gasteiger partial charge < -0.3 is 10.2 Å². The summed E-state index contributed by atoms with van der Waals surface area (Å²) in [4.78, 5) is 24.6. The Hall–Kier alpha value is -1.66. The number of halogens is 1. The minimum absolute atomic E-state index is 0. The summed E-state index contributed by atoms with van der Waals surface area (Å²) in [5.74, 6) is 0.354. The van der Waals surface area contributed by atoms with Crippen LogP contribution in [0.1, 0.15) is 22.3 Å². The maximum atomic E-state index is 12.5. The van der Waals surface area contributed by atoms with Crippen molar-refractivity contribution in [1.82, 2.24) is 10.2 Å². The molecule has 1 aromatic rings. The first-order valence-electron chi connectivity index (χ1n) is 6.72. The van der Waals surface area contributed by atoms with Crippen molar-refractivity contribution < 1.29 is 9.72 Å². The highest BCUT2D eigenvalue weighted by Gasteiger charge is 2.28. The summed E-state index contributed by atoms with van der Waals surface area (Å²) in [5.41, 5.74) is 1.17. The molecular weight excluding hydrogens is 294 g/mol. The SMILES string of the molecule is CNCC1CCN(C(=O)c2cc([N+](=O)[O-])ccc2C)C1.Cl. The molecule has 0 saturated carbocycles. The molecule has 1 aromatic carbocycles. The Balaban J connectivity index is 0.00000220. The number of carbonyl (C=O) groups excluding carboxylic acids is 1. The molecule has 1 amide bonds. The molecule has 0 aromatic heterocycles. The number of aryl methyl sites for hydroxylation is 1. The van der Waals surface area contributed by atoms with Crippen LogP contribution in [0, 0.1) is 23.0 Å². The van der Waals surface area contributed by atoms with Gasteiger partial charge in [0.15, 0.2) is 0 Å². The number of nitro benzene ring substituents is 1. The van der Waals surface area contributed by atoms with Crippen molar-refractivity contribution in [2.45, 2.75) is 13.3 Å². The van der Waals surface area contributed by atoms with Crippen molar-refractivity contribution in [3.63, 3.8) is 0 Å². The lowest BCUT2D eigenvalue weighted by Crippen LogP contribution is -2.30. The van der Waals surface area contributed by atoms with Crippen molar-refractivity contribution >= 4 is 24.0 Å². The van der Waals surface area contributed by atoms with Crippen LogP contribution in [0.5, 0.6) is 0 Å². The van der Waals surface area contributed by atoms with E-state index in [9.17, 15) is 14.9 Å². The summed E-state index contributed by atoms with van der Waals surface area (Å²) in [6.45, 7) is 4.12. The molecule has 1 unspecified atom stereocenters. The summed E-state index contributed by atoms with van der Waals surface area (Å²) < 4.78 is 0. The molecule has 1 heterocycles. The number of nitrogens with zero attached hydrogens (tertiary/aromatic N) is 2. The summed E-state index contributed by atoms with van der Waals surface area (Å²) in [5, 5.41) is 13.9. The molecule has 0 spiro atoms. The standard InChI is InChI=1S/C14H19N3O3.ClH/c1-10-3-4-12(17(19)20)7-13(10)14(18)16-6-5-11(9-16)8-15-2;/h3-4,7,11,15H,5-6,8-9H2,1-2H3;1H. The van der Waals surface area contributed by atoms with E-state index in [1.54, 1.807) is 17.9 Å². The minimum Gasteiger partial charge on any atom is -0.338 e. The number of amides is 1. The Kier molecular flexibility index (Phi) is 6.11. The molecule has 7 heteroatoms. The van der Waals surface area contributed by atoms with E-state index in [0.717, 1.165) is 18.5 Å². The monoisotopic (exact) mass is 313 g/mol. The number of likely N-dealkylation sites (tertiary alicyclic amines) is 1. The topological polar surface area (TPSA) is 75.5 Å². The van der Waals surface area contributed by atoms with E-state index >= 15 is 0 Å². The minimum atomic E-state index is -0.468. The zero-order valence-corrected chi connectivity index (χ0v) is 13.0. The van der Waals surface area contributed by atoms with Crippen LogP contribution < -0.4 is 5.32 Å². The lowest BCUT2D eigenvalue weighted by molar-refractivity contribution is -0.384. The van der Waals surface area contributed by atoms with E-state index in [0.29, 0.717) is 24.6 Å². The molecule has 1 N–H and O–H groups in total. The number of carbonyl (C=O) groups is 1. The molecule has 6 nitrogen and oxygen atoms in total. The molecule has 0 radical (unpaired) electrons. The summed E-state index contributed by atoms with van der Waals surface area (Å²) in [7, 11) is 1.90. The lowest BCUT2D eigenvalue weighted by Gasteiger charge is -2.17. The van der Waals surface area contributed by atoms with Crippen LogP contribution in [-0.4, -0.2) is 42.4 Å². The van der Waals surface area contributed by atoms with Crippen LogP contribution in [-0.2, 0) is 0 Å². The Morgan fingerprint density at radius 1 is 1.52 bits per heavy atom. The Bertz CT molecular complexity index is 536. The first kappa shape index (κ1) is 17.4. The highest BCUT2D eigenvalue weighted by molar-refractivity contribution is 5.96. The maximum Gasteiger partial charge on any atom is 0.270 e. The number of nitrogens with one attached hydrogen (secondary N) is 1. The molecule has 1 saturated heterocycles. The Morgan fingerprint density at radius 2 is 2.24 bits per heavy atom. The summed E-state index contributed by atoms with van der Waals surface area (Å²) >= 11 is 0. The van der Waals surface area contributed by atoms with Crippen molar-refractivity contribution in [1.29, 1.82) is 0 Å². The second kappa shape index (κ2) is 7.38. The van der Waals surface area contributed by atoms with Gasteiger partial charge in [-0.2, -0.15) is 0 Å². The van der Waals surface area contributed by atoms with E-state index in [2.05, 4.69) is 5.32 Å². The fraction of sp³-hybridized carbons (Fsp3) is 0.500. The van der Waals surface area contributed by atoms with E-state index in [1.165, 1.54) is 12.1 Å². The smallest absolute Gasteiger partial charge is 0.270 e. The van der Waals surface area contributed by atoms with Gasteiger partial charge in [-0.1, -0.05) is 6.07 Å². The quantitative estimate of drug-likeness (QED) is 0.681. The lowest BCUT2D eigenvalue weighted by atomic mass is 10.1. The predicted octanol–water partition coefficient (Wildman–Crippen LogP) is 2.01. The van der Waals surface area contributed by atoms with Gasteiger partial charge in [0.25, 0.3) is 11.6 Å². The van der Waals surface area contributed by atoms with Crippen molar-refractivity contribution in [3.05, 3.63) is 39.4 Å². The zero-order valence-electron chi connectivity index (χ0n) is 12.2. The molecule has 1 fully saturated rings. The van der Waals surface area contributed by atoms with Gasteiger partial charge in [0.1, 0.15) is 0 Å². The average Bonchev–Trinajstić information content (AvgIpc) is 2.87. The number of rotatable bonds is 4. The fourth-order valence-corrected chi connectivity index (χ4v) is 2.60. The van der Waals surface area contributed by atoms with Gasteiger partial charge in [0, 0.05) is 30.8 Å². The second-order valence-electron chi connectivity index (χ2n) is 5.22. The third-order valence-electron chi connectivity index (χ3n) is 3.73. The fourth-order valence-electron chi connectivity index (χ4n) is 2.60. The number of nitro groups is 1. The summed E-state index contributed by atoms with van der Waals surface area (Å²) in [6, 6.07) is 4.44. The van der Waals surface area contributed by atoms with E-state index < -0.39 is 4.92 Å². The van der Waals surface area contributed by atoms with E-state index in [1.807, 2.05) is 7.05 Å². The van der Waals surface area contributed by atoms with Crippen molar-refractivity contribution in [2.24, 2.45) is 5.92 Å². The van der Waals surface area contributed by atoms with Gasteiger partial charge in [-0.05, 0) is 38.4 Å². The van der Waals surface area contributed by atoms with Crippen LogP contribution in [0.3, 0.4) is 0 Å². The number of hydrogen-bond acceptors (Lipinski definition) is 4. The number of hydrogen-bond donors (Lipinski definition) is 1. The van der Waals surface area contributed by atoms with Crippen LogP contribution in [0.15, 0.2) is 18.2 Å². The predicted molar refractivity (Wildman–Crippen MR) is 83.0 cm³/mol. The molecule has 2 rings (SSSR count). The molecule has 1 aliphatic heterocycles. The second-order valence-corrected chi connectivity index (χ2v) is 5.22. The molecule has 116 valence electrons. The molecule has 1 aliphatic rings. The normalized spacial score (nSPS) is 17.4. The van der Waals surface area contributed by atoms with Crippen LogP contribution >= 0.6 is 12.4 Å². The summed E-state index contributed by atoms with van der Waals surface area (Å²) in [6.07, 6.45) is 0.973. The van der Waals surface area contributed by atoms with Crippen LogP contribution in [0.2, 0.25) is 0 Å². The third-order valence-corrected chi connectivity index (χ3v) is 3.73. The Labute approximate surface area is 130 Å². The van der Waals surface area contributed by atoms with Crippen molar-refractivity contribution in [2.75, 3.05) is 26.7 Å². The van der Waals surface area contributed by atoms with Gasteiger partial charge in [0.05, 0.1) is 4.92 Å². The average molecular weight is 314 g/mol. The molecule has 21 heavy (non-hydrogen) atoms. The highest BCUT2D eigenvalue weighted by atomic mass is 35.5. The van der Waals surface area contributed by atoms with E-state index in [4.69, 9.17) is 0 Å². The number of non-ortho nitro benzene ring substituents is 1. The van der Waals surface area contributed by atoms with Gasteiger partial charge in [-0.15, -0.1) is 12.4 Å². The van der Waals surface area contributed by atoms with Crippen molar-refractivity contribution in [3.8, 4) is 0 Å². The van der Waals surface area contributed by atoms with Crippen LogP contribution in [0.25, 0.3) is 0 Å². The van der Waals surface area contributed by atoms with Gasteiger partial charge in [-0.25, -0.2) is 0 Å². The molecule has 0 bridgehead atoms. The first-order valence-corrected chi connectivity index (χ1v) is 6.72. The number of benzene rings is 1. The van der Waals surface area contributed by atoms with Gasteiger partial charge in [-0.3, -0.25) is 14.9 Å². The van der Waals surface area contributed by atoms with Crippen LogP contribution in [0.4, 0.5) is 5.69 Å². The zero-order chi connectivity index (χ0) is 14.7. The molecule has 1 atom stereocenters. The largest absolute Gasteiger partial charge is 0.338 e. The molecule has 0 aliphatic carbocycles. The Morgan fingerprint density at radius 3 is 2.86 bits per heavy atom. The van der Waals surface area contributed by atoms with Gasteiger partial charge in [0.2, 0.25) is 0 Å². The van der Waals surface area contributed by atoms with Gasteiger partial charge >= 0.3 is 0 Å². The first-order chi connectivity index (χ1) is 9.52. The third kappa shape index (κ3) is 3.92. The maximum absolute atomic E-state index is 12.5.